The van der Waals surface area contributed by atoms with Gasteiger partial charge in [-0.2, -0.15) is 0 Å². The number of esters is 1. The Hall–Kier alpha value is -0.830. The SMILES string of the molecule is CCC(C(=O)OC(N)CC)=C(C)C. The van der Waals surface area contributed by atoms with Crippen molar-refractivity contribution in [3.63, 3.8) is 0 Å². The van der Waals surface area contributed by atoms with Gasteiger partial charge in [-0.05, 0) is 26.7 Å². The molecule has 1 unspecified atom stereocenters. The van der Waals surface area contributed by atoms with Gasteiger partial charge in [-0.25, -0.2) is 4.79 Å². The molecule has 0 heterocycles. The van der Waals surface area contributed by atoms with E-state index >= 15 is 0 Å². The summed E-state index contributed by atoms with van der Waals surface area (Å²) < 4.78 is 4.99. The summed E-state index contributed by atoms with van der Waals surface area (Å²) in [6.45, 7) is 7.61. The lowest BCUT2D eigenvalue weighted by atomic mass is 10.1. The van der Waals surface area contributed by atoms with Crippen LogP contribution in [-0.4, -0.2) is 12.2 Å². The van der Waals surface area contributed by atoms with Gasteiger partial charge in [0.2, 0.25) is 0 Å². The maximum Gasteiger partial charge on any atom is 0.335 e. The Morgan fingerprint density at radius 2 is 1.92 bits per heavy atom. The maximum atomic E-state index is 11.4. The van der Waals surface area contributed by atoms with Crippen LogP contribution in [0.5, 0.6) is 0 Å². The molecule has 0 aliphatic heterocycles. The standard InChI is InChI=1S/C10H19NO2/c1-5-8(7(3)4)10(12)13-9(11)6-2/h9H,5-6,11H2,1-4H3. The molecule has 0 spiro atoms. The zero-order chi connectivity index (χ0) is 10.4. The Morgan fingerprint density at radius 1 is 1.38 bits per heavy atom. The highest BCUT2D eigenvalue weighted by atomic mass is 16.6. The minimum Gasteiger partial charge on any atom is -0.443 e. The van der Waals surface area contributed by atoms with Crippen molar-refractivity contribution in [3.8, 4) is 0 Å². The van der Waals surface area contributed by atoms with Crippen molar-refractivity contribution in [2.24, 2.45) is 5.73 Å². The van der Waals surface area contributed by atoms with E-state index in [9.17, 15) is 4.79 Å². The van der Waals surface area contributed by atoms with Crippen molar-refractivity contribution in [3.05, 3.63) is 11.1 Å². The van der Waals surface area contributed by atoms with Crippen LogP contribution in [0.15, 0.2) is 11.1 Å². The summed E-state index contributed by atoms with van der Waals surface area (Å²) >= 11 is 0. The van der Waals surface area contributed by atoms with E-state index in [1.165, 1.54) is 0 Å². The lowest BCUT2D eigenvalue weighted by molar-refractivity contribution is -0.144. The topological polar surface area (TPSA) is 52.3 Å². The number of rotatable bonds is 4. The lowest BCUT2D eigenvalue weighted by Crippen LogP contribution is -2.27. The minimum absolute atomic E-state index is 0.281. The number of carbonyl (C=O) groups excluding carboxylic acids is 1. The quantitative estimate of drug-likeness (QED) is 0.414. The van der Waals surface area contributed by atoms with Crippen LogP contribution in [0.3, 0.4) is 0 Å². The predicted molar refractivity (Wildman–Crippen MR) is 53.0 cm³/mol. The Labute approximate surface area is 79.9 Å². The van der Waals surface area contributed by atoms with Crippen LogP contribution < -0.4 is 5.73 Å². The summed E-state index contributed by atoms with van der Waals surface area (Å²) in [6.07, 6.45) is 0.858. The molecule has 0 aliphatic carbocycles. The fourth-order valence-corrected chi connectivity index (χ4v) is 0.994. The maximum absolute atomic E-state index is 11.4. The molecule has 0 amide bonds. The number of hydrogen-bond acceptors (Lipinski definition) is 3. The van der Waals surface area contributed by atoms with Crippen LogP contribution >= 0.6 is 0 Å². The largest absolute Gasteiger partial charge is 0.443 e. The van der Waals surface area contributed by atoms with Crippen molar-refractivity contribution in [1.82, 2.24) is 0 Å². The molecular weight excluding hydrogens is 166 g/mol. The third-order valence-electron chi connectivity index (χ3n) is 1.86. The van der Waals surface area contributed by atoms with Gasteiger partial charge < -0.3 is 4.74 Å². The molecule has 76 valence electrons. The Morgan fingerprint density at radius 3 is 2.23 bits per heavy atom. The second-order valence-corrected chi connectivity index (χ2v) is 3.18. The van der Waals surface area contributed by atoms with Crippen molar-refractivity contribution < 1.29 is 9.53 Å². The molecule has 13 heavy (non-hydrogen) atoms. The molecule has 0 aromatic rings. The van der Waals surface area contributed by atoms with Crippen LogP contribution in [0.2, 0.25) is 0 Å². The number of allylic oxidation sites excluding steroid dienone is 1. The van der Waals surface area contributed by atoms with Crippen molar-refractivity contribution >= 4 is 5.97 Å². The fraction of sp³-hybridized carbons (Fsp3) is 0.700. The molecule has 0 aliphatic rings. The molecule has 0 bridgehead atoms. The zero-order valence-corrected chi connectivity index (χ0v) is 8.89. The first-order valence-electron chi connectivity index (χ1n) is 4.65. The summed E-state index contributed by atoms with van der Waals surface area (Å²) in [6, 6.07) is 0. The monoisotopic (exact) mass is 185 g/mol. The van der Waals surface area contributed by atoms with E-state index < -0.39 is 6.23 Å². The van der Waals surface area contributed by atoms with Crippen LogP contribution in [0.4, 0.5) is 0 Å². The Kier molecular flexibility index (Phi) is 5.39. The van der Waals surface area contributed by atoms with E-state index in [2.05, 4.69) is 0 Å². The minimum atomic E-state index is -0.478. The molecule has 3 nitrogen and oxygen atoms in total. The van der Waals surface area contributed by atoms with Crippen LogP contribution in [0.25, 0.3) is 0 Å². The molecule has 2 N–H and O–H groups in total. The molecule has 0 rings (SSSR count). The molecule has 1 atom stereocenters. The van der Waals surface area contributed by atoms with E-state index in [4.69, 9.17) is 10.5 Å². The van der Waals surface area contributed by atoms with Crippen molar-refractivity contribution in [1.29, 1.82) is 0 Å². The summed E-state index contributed by atoms with van der Waals surface area (Å²) in [5.41, 5.74) is 7.22. The van der Waals surface area contributed by atoms with Crippen LogP contribution in [0, 0.1) is 0 Å². The molecule has 0 saturated carbocycles. The van der Waals surface area contributed by atoms with Crippen molar-refractivity contribution in [2.75, 3.05) is 0 Å². The Balaban J connectivity index is 4.33. The number of ether oxygens (including phenoxy) is 1. The smallest absolute Gasteiger partial charge is 0.335 e. The third kappa shape index (κ3) is 4.08. The normalized spacial score (nSPS) is 12.1. The summed E-state index contributed by atoms with van der Waals surface area (Å²) in [5.74, 6) is -0.281. The van der Waals surface area contributed by atoms with Gasteiger partial charge in [-0.1, -0.05) is 19.4 Å². The van der Waals surface area contributed by atoms with E-state index in [0.29, 0.717) is 12.8 Å². The van der Waals surface area contributed by atoms with Gasteiger partial charge in [0.15, 0.2) is 6.23 Å². The van der Waals surface area contributed by atoms with Crippen LogP contribution in [0.1, 0.15) is 40.5 Å². The summed E-state index contributed by atoms with van der Waals surface area (Å²) in [5, 5.41) is 0. The molecule has 0 fully saturated rings. The van der Waals surface area contributed by atoms with Gasteiger partial charge in [0.25, 0.3) is 0 Å². The summed E-state index contributed by atoms with van der Waals surface area (Å²) in [4.78, 5) is 11.4. The van der Waals surface area contributed by atoms with Gasteiger partial charge in [0.1, 0.15) is 0 Å². The molecule has 0 aromatic heterocycles. The molecule has 0 aromatic carbocycles. The first-order valence-corrected chi connectivity index (χ1v) is 4.65. The third-order valence-corrected chi connectivity index (χ3v) is 1.86. The first kappa shape index (κ1) is 12.2. The average molecular weight is 185 g/mol. The summed E-state index contributed by atoms with van der Waals surface area (Å²) in [7, 11) is 0. The fourth-order valence-electron chi connectivity index (χ4n) is 0.994. The Bertz CT molecular complexity index is 205. The molecular formula is C10H19NO2. The van der Waals surface area contributed by atoms with E-state index in [-0.39, 0.29) is 5.97 Å². The average Bonchev–Trinajstić information content (AvgIpc) is 2.04. The second-order valence-electron chi connectivity index (χ2n) is 3.18. The number of carbonyl (C=O) groups is 1. The van der Waals surface area contributed by atoms with Gasteiger partial charge in [-0.15, -0.1) is 0 Å². The molecule has 0 saturated heterocycles. The van der Waals surface area contributed by atoms with Gasteiger partial charge in [0, 0.05) is 5.57 Å². The van der Waals surface area contributed by atoms with E-state index in [1.54, 1.807) is 0 Å². The lowest BCUT2D eigenvalue weighted by Gasteiger charge is -2.12. The molecule has 3 heteroatoms. The highest BCUT2D eigenvalue weighted by molar-refractivity contribution is 5.89. The van der Waals surface area contributed by atoms with E-state index in [0.717, 1.165) is 11.1 Å². The predicted octanol–water partition coefficient (Wildman–Crippen LogP) is 1.97. The number of nitrogens with two attached hydrogens (primary N) is 1. The van der Waals surface area contributed by atoms with Gasteiger partial charge in [0.05, 0.1) is 0 Å². The van der Waals surface area contributed by atoms with Gasteiger partial charge >= 0.3 is 5.97 Å². The second kappa shape index (κ2) is 5.75. The highest BCUT2D eigenvalue weighted by Gasteiger charge is 2.13. The zero-order valence-electron chi connectivity index (χ0n) is 8.89. The molecule has 0 radical (unpaired) electrons. The van der Waals surface area contributed by atoms with Crippen LogP contribution in [-0.2, 0) is 9.53 Å². The highest BCUT2D eigenvalue weighted by Crippen LogP contribution is 2.10. The van der Waals surface area contributed by atoms with Crippen molar-refractivity contribution in [2.45, 2.75) is 46.8 Å². The first-order chi connectivity index (χ1) is 6.02. The van der Waals surface area contributed by atoms with Gasteiger partial charge in [-0.3, -0.25) is 5.73 Å². The van der Waals surface area contributed by atoms with E-state index in [1.807, 2.05) is 27.7 Å². The number of hydrogen-bond donors (Lipinski definition) is 1.